The van der Waals surface area contributed by atoms with Crippen molar-refractivity contribution in [1.29, 1.82) is 0 Å². The summed E-state index contributed by atoms with van der Waals surface area (Å²) in [5, 5.41) is 6.43. The number of aromatic nitrogens is 1. The van der Waals surface area contributed by atoms with Crippen LogP contribution in [-0.2, 0) is 9.53 Å². The van der Waals surface area contributed by atoms with Crippen LogP contribution in [0.1, 0.15) is 26.3 Å². The van der Waals surface area contributed by atoms with Crippen molar-refractivity contribution >= 4 is 33.5 Å². The van der Waals surface area contributed by atoms with E-state index in [-0.39, 0.29) is 18.4 Å². The number of nitrogens with one attached hydrogen (secondary N) is 2. The van der Waals surface area contributed by atoms with Crippen molar-refractivity contribution in [3.63, 3.8) is 0 Å². The van der Waals surface area contributed by atoms with Gasteiger partial charge in [0.2, 0.25) is 5.91 Å². The highest BCUT2D eigenvalue weighted by atomic mass is 32.1. The molecule has 0 saturated heterocycles. The van der Waals surface area contributed by atoms with E-state index in [1.807, 2.05) is 45.0 Å². The third-order valence-corrected chi connectivity index (χ3v) is 4.08. The molecular weight excluding hydrogens is 326 g/mol. The SMILES string of the molecule is CCOC(=O)Nc1sc(NC(=O)C(C)C)nc1-c1ccc(C)cc1. The quantitative estimate of drug-likeness (QED) is 0.846. The van der Waals surface area contributed by atoms with Gasteiger partial charge in [0.05, 0.1) is 6.61 Å². The molecule has 0 aliphatic carbocycles. The van der Waals surface area contributed by atoms with E-state index in [2.05, 4.69) is 15.6 Å². The minimum absolute atomic E-state index is 0.123. The monoisotopic (exact) mass is 347 g/mol. The van der Waals surface area contributed by atoms with Crippen LogP contribution < -0.4 is 10.6 Å². The summed E-state index contributed by atoms with van der Waals surface area (Å²) >= 11 is 1.20. The number of nitrogens with zero attached hydrogens (tertiary/aromatic N) is 1. The van der Waals surface area contributed by atoms with Crippen molar-refractivity contribution < 1.29 is 14.3 Å². The second-order valence-electron chi connectivity index (χ2n) is 5.55. The fraction of sp³-hybridized carbons (Fsp3) is 0.353. The topological polar surface area (TPSA) is 80.3 Å². The molecule has 2 amide bonds. The molecule has 2 N–H and O–H groups in total. The first kappa shape index (κ1) is 17.9. The van der Waals surface area contributed by atoms with Crippen LogP contribution in [0.15, 0.2) is 24.3 Å². The van der Waals surface area contributed by atoms with Gasteiger partial charge in [0, 0.05) is 11.5 Å². The summed E-state index contributed by atoms with van der Waals surface area (Å²) in [6.07, 6.45) is -0.545. The van der Waals surface area contributed by atoms with Crippen molar-refractivity contribution in [3.05, 3.63) is 29.8 Å². The van der Waals surface area contributed by atoms with Gasteiger partial charge in [-0.25, -0.2) is 9.78 Å². The normalized spacial score (nSPS) is 10.5. The average Bonchev–Trinajstić information content (AvgIpc) is 2.90. The first-order chi connectivity index (χ1) is 11.4. The number of thiazole rings is 1. The van der Waals surface area contributed by atoms with Crippen LogP contribution in [0.4, 0.5) is 14.9 Å². The Bertz CT molecular complexity index is 723. The van der Waals surface area contributed by atoms with Gasteiger partial charge in [-0.05, 0) is 13.8 Å². The number of ether oxygens (including phenoxy) is 1. The first-order valence-corrected chi connectivity index (χ1v) is 8.54. The van der Waals surface area contributed by atoms with E-state index in [1.165, 1.54) is 11.3 Å². The first-order valence-electron chi connectivity index (χ1n) is 7.73. The molecule has 0 radical (unpaired) electrons. The van der Waals surface area contributed by atoms with E-state index >= 15 is 0 Å². The van der Waals surface area contributed by atoms with Crippen molar-refractivity contribution in [3.8, 4) is 11.3 Å². The summed E-state index contributed by atoms with van der Waals surface area (Å²) in [7, 11) is 0. The molecule has 2 rings (SSSR count). The lowest BCUT2D eigenvalue weighted by Gasteiger charge is -2.05. The summed E-state index contributed by atoms with van der Waals surface area (Å²) in [6.45, 7) is 7.63. The van der Waals surface area contributed by atoms with E-state index in [1.54, 1.807) is 6.92 Å². The Morgan fingerprint density at radius 2 is 1.88 bits per heavy atom. The molecule has 128 valence electrons. The van der Waals surface area contributed by atoms with E-state index in [4.69, 9.17) is 4.74 Å². The third kappa shape index (κ3) is 4.55. The molecule has 24 heavy (non-hydrogen) atoms. The van der Waals surface area contributed by atoms with Gasteiger partial charge in [-0.2, -0.15) is 0 Å². The molecule has 7 heteroatoms. The smallest absolute Gasteiger partial charge is 0.412 e. The minimum atomic E-state index is -0.545. The van der Waals surface area contributed by atoms with Crippen LogP contribution in [0.3, 0.4) is 0 Å². The Kier molecular flexibility index (Phi) is 5.92. The highest BCUT2D eigenvalue weighted by molar-refractivity contribution is 7.20. The molecule has 1 heterocycles. The molecule has 0 aliphatic heterocycles. The number of aryl methyl sites for hydroxylation is 1. The largest absolute Gasteiger partial charge is 0.450 e. The number of hydrogen-bond acceptors (Lipinski definition) is 5. The van der Waals surface area contributed by atoms with Gasteiger partial charge in [0.1, 0.15) is 10.7 Å². The number of rotatable bonds is 5. The molecule has 0 atom stereocenters. The maximum absolute atomic E-state index is 11.9. The molecule has 0 unspecified atom stereocenters. The zero-order chi connectivity index (χ0) is 17.7. The summed E-state index contributed by atoms with van der Waals surface area (Å²) < 4.78 is 4.93. The Morgan fingerprint density at radius 1 is 1.21 bits per heavy atom. The predicted molar refractivity (Wildman–Crippen MR) is 96.4 cm³/mol. The number of carbonyl (C=O) groups is 2. The summed E-state index contributed by atoms with van der Waals surface area (Å²) in [4.78, 5) is 28.1. The second-order valence-corrected chi connectivity index (χ2v) is 6.55. The standard InChI is InChI=1S/C17H21N3O3S/c1-5-23-17(22)20-15-13(12-8-6-11(4)7-9-12)18-16(24-15)19-14(21)10(2)3/h6-10H,5H2,1-4H3,(H,20,22)(H,18,19,21). The number of anilines is 2. The highest BCUT2D eigenvalue weighted by Crippen LogP contribution is 2.36. The van der Waals surface area contributed by atoms with Crippen LogP contribution in [0.5, 0.6) is 0 Å². The van der Waals surface area contributed by atoms with E-state index in [9.17, 15) is 9.59 Å². The van der Waals surface area contributed by atoms with Gasteiger partial charge < -0.3 is 10.1 Å². The van der Waals surface area contributed by atoms with E-state index in [0.717, 1.165) is 11.1 Å². The van der Waals surface area contributed by atoms with Crippen molar-refractivity contribution in [1.82, 2.24) is 4.98 Å². The molecule has 0 spiro atoms. The highest BCUT2D eigenvalue weighted by Gasteiger charge is 2.18. The molecular formula is C17H21N3O3S. The maximum Gasteiger partial charge on any atom is 0.412 e. The summed E-state index contributed by atoms with van der Waals surface area (Å²) in [5.41, 5.74) is 2.59. The minimum Gasteiger partial charge on any atom is -0.450 e. The molecule has 0 aliphatic rings. The molecule has 1 aromatic carbocycles. The van der Waals surface area contributed by atoms with Crippen molar-refractivity contribution in [2.24, 2.45) is 5.92 Å². The van der Waals surface area contributed by atoms with Gasteiger partial charge in [-0.3, -0.25) is 10.1 Å². The molecule has 0 fully saturated rings. The van der Waals surface area contributed by atoms with Crippen LogP contribution in [0.2, 0.25) is 0 Å². The van der Waals surface area contributed by atoms with Gasteiger partial charge in [0.15, 0.2) is 5.13 Å². The predicted octanol–water partition coefficient (Wildman–Crippen LogP) is 4.28. The third-order valence-electron chi connectivity index (χ3n) is 3.20. The van der Waals surface area contributed by atoms with Gasteiger partial charge in [-0.15, -0.1) is 0 Å². The Balaban J connectivity index is 2.34. The zero-order valence-electron chi connectivity index (χ0n) is 14.2. The van der Waals surface area contributed by atoms with Gasteiger partial charge >= 0.3 is 6.09 Å². The molecule has 0 bridgehead atoms. The fourth-order valence-electron chi connectivity index (χ4n) is 1.88. The van der Waals surface area contributed by atoms with Crippen LogP contribution >= 0.6 is 11.3 Å². The summed E-state index contributed by atoms with van der Waals surface area (Å²) in [6, 6.07) is 7.79. The molecule has 2 aromatic rings. The Labute approximate surface area is 145 Å². The lowest BCUT2D eigenvalue weighted by Crippen LogP contribution is -2.17. The van der Waals surface area contributed by atoms with Gasteiger partial charge in [0.25, 0.3) is 0 Å². The number of amides is 2. The summed E-state index contributed by atoms with van der Waals surface area (Å²) in [5.74, 6) is -0.278. The van der Waals surface area contributed by atoms with Crippen LogP contribution in [0.25, 0.3) is 11.3 Å². The Morgan fingerprint density at radius 3 is 2.46 bits per heavy atom. The maximum atomic E-state index is 11.9. The van der Waals surface area contributed by atoms with Crippen LogP contribution in [0, 0.1) is 12.8 Å². The van der Waals surface area contributed by atoms with Crippen molar-refractivity contribution in [2.45, 2.75) is 27.7 Å². The zero-order valence-corrected chi connectivity index (χ0v) is 15.0. The fourth-order valence-corrected chi connectivity index (χ4v) is 2.75. The second kappa shape index (κ2) is 7.92. The number of benzene rings is 1. The molecule has 6 nitrogen and oxygen atoms in total. The Hall–Kier alpha value is -2.41. The molecule has 1 aromatic heterocycles. The van der Waals surface area contributed by atoms with E-state index < -0.39 is 6.09 Å². The number of hydrogen-bond donors (Lipinski definition) is 2. The van der Waals surface area contributed by atoms with Gasteiger partial charge in [-0.1, -0.05) is 55.0 Å². The van der Waals surface area contributed by atoms with Crippen molar-refractivity contribution in [2.75, 3.05) is 17.2 Å². The lowest BCUT2D eigenvalue weighted by atomic mass is 10.1. The van der Waals surface area contributed by atoms with Crippen LogP contribution in [-0.4, -0.2) is 23.6 Å². The molecule has 0 saturated carbocycles. The van der Waals surface area contributed by atoms with E-state index in [0.29, 0.717) is 15.8 Å². The lowest BCUT2D eigenvalue weighted by molar-refractivity contribution is -0.118. The number of carbonyl (C=O) groups excluding carboxylic acids is 2. The average molecular weight is 347 g/mol.